The van der Waals surface area contributed by atoms with Crippen LogP contribution in [0.5, 0.6) is 0 Å². The van der Waals surface area contributed by atoms with Gasteiger partial charge in [-0.05, 0) is 46.4 Å². The van der Waals surface area contributed by atoms with Gasteiger partial charge in [0.05, 0.1) is 12.1 Å². The Morgan fingerprint density at radius 2 is 1.82 bits per heavy atom. The van der Waals surface area contributed by atoms with Gasteiger partial charge in [-0.25, -0.2) is 0 Å². The summed E-state index contributed by atoms with van der Waals surface area (Å²) in [4.78, 5) is 4.02. The molecule has 3 nitrogen and oxygen atoms in total. The first-order chi connectivity index (χ1) is 8.34. The predicted molar refractivity (Wildman–Crippen MR) is 75.8 cm³/mol. The lowest BCUT2D eigenvalue weighted by Gasteiger charge is -2.02. The fraction of sp³-hybridized carbons (Fsp3) is 0.0769. The quantitative estimate of drug-likeness (QED) is 0.674. The van der Waals surface area contributed by atoms with Gasteiger partial charge in [0, 0.05) is 17.8 Å². The monoisotopic (exact) mass is 335 g/mol. The Balaban J connectivity index is 2.07. The second-order valence-corrected chi connectivity index (χ2v) is 4.84. The molecular formula is C13H10IN3. The van der Waals surface area contributed by atoms with Crippen LogP contribution in [0.15, 0.2) is 48.8 Å². The molecule has 3 aromatic rings. The molecule has 0 aliphatic carbocycles. The molecule has 0 aliphatic heterocycles. The number of benzene rings is 1. The highest BCUT2D eigenvalue weighted by molar-refractivity contribution is 14.1. The summed E-state index contributed by atoms with van der Waals surface area (Å²) in [7, 11) is 0. The van der Waals surface area contributed by atoms with E-state index in [-0.39, 0.29) is 0 Å². The van der Waals surface area contributed by atoms with Crippen molar-refractivity contribution in [2.24, 2.45) is 0 Å². The maximum atomic E-state index is 4.57. The van der Waals surface area contributed by atoms with Gasteiger partial charge in [-0.15, -0.1) is 0 Å². The Hall–Kier alpha value is -1.43. The summed E-state index contributed by atoms with van der Waals surface area (Å²) in [6.45, 7) is 0.784. The van der Waals surface area contributed by atoms with E-state index in [1.54, 1.807) is 0 Å². The third-order valence-electron chi connectivity index (χ3n) is 2.69. The first-order valence-corrected chi connectivity index (χ1v) is 6.42. The van der Waals surface area contributed by atoms with E-state index in [2.05, 4.69) is 44.8 Å². The summed E-state index contributed by atoms with van der Waals surface area (Å²) in [5.41, 5.74) is 2.39. The van der Waals surface area contributed by atoms with Crippen LogP contribution < -0.4 is 0 Å². The van der Waals surface area contributed by atoms with Crippen LogP contribution in [0.25, 0.3) is 10.9 Å². The summed E-state index contributed by atoms with van der Waals surface area (Å²) in [5.74, 6) is 0. The van der Waals surface area contributed by atoms with Gasteiger partial charge >= 0.3 is 0 Å². The van der Waals surface area contributed by atoms with Crippen LogP contribution in [0.1, 0.15) is 5.56 Å². The van der Waals surface area contributed by atoms with Gasteiger partial charge in [-0.3, -0.25) is 9.67 Å². The topological polar surface area (TPSA) is 30.7 Å². The fourth-order valence-corrected chi connectivity index (χ4v) is 2.59. The molecule has 1 aromatic carbocycles. The molecule has 0 atom stereocenters. The normalized spacial score (nSPS) is 10.9. The highest BCUT2D eigenvalue weighted by Gasteiger charge is 2.07. The Morgan fingerprint density at radius 3 is 2.65 bits per heavy atom. The van der Waals surface area contributed by atoms with Gasteiger partial charge < -0.3 is 0 Å². The Bertz CT molecular complexity index is 646. The molecule has 17 heavy (non-hydrogen) atoms. The molecule has 0 radical (unpaired) electrons. The van der Waals surface area contributed by atoms with E-state index >= 15 is 0 Å². The SMILES string of the molecule is Ic1nn(Cc2ccncc2)c2ccccc12. The lowest BCUT2D eigenvalue weighted by molar-refractivity contribution is 0.704. The van der Waals surface area contributed by atoms with E-state index in [1.165, 1.54) is 16.5 Å². The number of rotatable bonds is 2. The van der Waals surface area contributed by atoms with Crippen molar-refractivity contribution in [3.8, 4) is 0 Å². The molecule has 0 aliphatic rings. The van der Waals surface area contributed by atoms with Crippen molar-refractivity contribution < 1.29 is 0 Å². The van der Waals surface area contributed by atoms with E-state index < -0.39 is 0 Å². The molecule has 0 unspecified atom stereocenters. The van der Waals surface area contributed by atoms with Crippen molar-refractivity contribution in [1.82, 2.24) is 14.8 Å². The van der Waals surface area contributed by atoms with E-state index in [1.807, 2.05) is 41.3 Å². The molecular weight excluding hydrogens is 325 g/mol. The third kappa shape index (κ3) is 2.04. The minimum atomic E-state index is 0.784. The number of pyridine rings is 1. The van der Waals surface area contributed by atoms with Crippen LogP contribution in [-0.2, 0) is 6.54 Å². The van der Waals surface area contributed by atoms with Crippen molar-refractivity contribution in [3.63, 3.8) is 0 Å². The molecule has 0 spiro atoms. The molecule has 0 N–H and O–H groups in total. The molecule has 0 amide bonds. The molecule has 3 rings (SSSR count). The number of para-hydroxylation sites is 1. The summed E-state index contributed by atoms with van der Waals surface area (Å²) in [6.07, 6.45) is 3.62. The Kier molecular flexibility index (Phi) is 2.80. The zero-order chi connectivity index (χ0) is 11.7. The van der Waals surface area contributed by atoms with Crippen molar-refractivity contribution in [2.75, 3.05) is 0 Å². The van der Waals surface area contributed by atoms with Crippen LogP contribution in [0.2, 0.25) is 0 Å². The molecule has 2 heterocycles. The number of fused-ring (bicyclic) bond motifs is 1. The lowest BCUT2D eigenvalue weighted by Crippen LogP contribution is -2.01. The maximum Gasteiger partial charge on any atom is 0.131 e. The van der Waals surface area contributed by atoms with Crippen LogP contribution in [0.3, 0.4) is 0 Å². The Labute approximate surface area is 113 Å². The highest BCUT2D eigenvalue weighted by Crippen LogP contribution is 2.20. The molecule has 84 valence electrons. The zero-order valence-electron chi connectivity index (χ0n) is 9.05. The van der Waals surface area contributed by atoms with Gasteiger partial charge in [0.15, 0.2) is 0 Å². The largest absolute Gasteiger partial charge is 0.265 e. The minimum absolute atomic E-state index is 0.784. The summed E-state index contributed by atoms with van der Waals surface area (Å²) >= 11 is 2.28. The number of hydrogen-bond donors (Lipinski definition) is 0. The molecule has 0 saturated carbocycles. The van der Waals surface area contributed by atoms with E-state index in [0.29, 0.717) is 0 Å². The van der Waals surface area contributed by atoms with Gasteiger partial charge in [0.1, 0.15) is 3.70 Å². The average molecular weight is 335 g/mol. The van der Waals surface area contributed by atoms with Gasteiger partial charge in [-0.1, -0.05) is 18.2 Å². The molecule has 0 saturated heterocycles. The van der Waals surface area contributed by atoms with E-state index in [0.717, 1.165) is 10.2 Å². The second-order valence-electron chi connectivity index (χ2n) is 3.82. The summed E-state index contributed by atoms with van der Waals surface area (Å²) in [6, 6.07) is 12.3. The number of halogens is 1. The number of hydrogen-bond acceptors (Lipinski definition) is 2. The molecule has 2 aromatic heterocycles. The summed E-state index contributed by atoms with van der Waals surface area (Å²) in [5, 5.41) is 5.78. The van der Waals surface area contributed by atoms with Crippen molar-refractivity contribution >= 4 is 33.5 Å². The van der Waals surface area contributed by atoms with Gasteiger partial charge in [0.25, 0.3) is 0 Å². The maximum absolute atomic E-state index is 4.57. The average Bonchev–Trinajstić information content (AvgIpc) is 2.69. The first-order valence-electron chi connectivity index (χ1n) is 5.34. The van der Waals surface area contributed by atoms with Gasteiger partial charge in [-0.2, -0.15) is 5.10 Å². The molecule has 0 fully saturated rings. The van der Waals surface area contributed by atoms with Crippen LogP contribution in [0, 0.1) is 3.70 Å². The predicted octanol–water partition coefficient (Wildman–Crippen LogP) is 3.08. The standard InChI is InChI=1S/C13H10IN3/c14-13-11-3-1-2-4-12(11)17(16-13)9-10-5-7-15-8-6-10/h1-8H,9H2. The van der Waals surface area contributed by atoms with Crippen molar-refractivity contribution in [2.45, 2.75) is 6.54 Å². The van der Waals surface area contributed by atoms with E-state index in [4.69, 9.17) is 0 Å². The second kappa shape index (κ2) is 4.44. The number of nitrogens with zero attached hydrogens (tertiary/aromatic N) is 3. The Morgan fingerprint density at radius 1 is 1.06 bits per heavy atom. The molecule has 4 heteroatoms. The van der Waals surface area contributed by atoms with Crippen LogP contribution >= 0.6 is 22.6 Å². The molecule has 0 bridgehead atoms. The highest BCUT2D eigenvalue weighted by atomic mass is 127. The zero-order valence-corrected chi connectivity index (χ0v) is 11.2. The number of aromatic nitrogens is 3. The smallest absolute Gasteiger partial charge is 0.131 e. The van der Waals surface area contributed by atoms with Crippen LogP contribution in [-0.4, -0.2) is 14.8 Å². The van der Waals surface area contributed by atoms with Crippen LogP contribution in [0.4, 0.5) is 0 Å². The van der Waals surface area contributed by atoms with Crippen molar-refractivity contribution in [1.29, 1.82) is 0 Å². The fourth-order valence-electron chi connectivity index (χ4n) is 1.87. The van der Waals surface area contributed by atoms with E-state index in [9.17, 15) is 0 Å². The summed E-state index contributed by atoms with van der Waals surface area (Å²) < 4.78 is 3.08. The minimum Gasteiger partial charge on any atom is -0.265 e. The van der Waals surface area contributed by atoms with Crippen molar-refractivity contribution in [3.05, 3.63) is 58.1 Å². The first kappa shape index (κ1) is 10.7. The van der Waals surface area contributed by atoms with Gasteiger partial charge in [0.2, 0.25) is 0 Å². The third-order valence-corrected chi connectivity index (χ3v) is 3.49. The lowest BCUT2D eigenvalue weighted by atomic mass is 10.2.